The number of carbonyl (C=O) groups excluding carboxylic acids is 1. The van der Waals surface area contributed by atoms with E-state index >= 15 is 0 Å². The number of carbonyl (C=O) groups is 1. The van der Waals surface area contributed by atoms with Gasteiger partial charge in [-0.1, -0.05) is 13.8 Å². The van der Waals surface area contributed by atoms with Gasteiger partial charge in [0.05, 0.1) is 31.9 Å². The van der Waals surface area contributed by atoms with Gasteiger partial charge in [-0.3, -0.25) is 4.79 Å². The molecule has 0 unspecified atom stereocenters. The largest absolute Gasteiger partial charge is 0.495 e. The average Bonchev–Trinajstić information content (AvgIpc) is 2.90. The van der Waals surface area contributed by atoms with Crippen molar-refractivity contribution in [3.05, 3.63) is 41.5 Å². The highest BCUT2D eigenvalue weighted by Crippen LogP contribution is 2.36. The summed E-state index contributed by atoms with van der Waals surface area (Å²) in [5.74, 6) is 1.92. The highest BCUT2D eigenvalue weighted by atomic mass is 32.2. The molecule has 0 spiro atoms. The topological polar surface area (TPSA) is 88.6 Å². The van der Waals surface area contributed by atoms with Crippen LogP contribution in [0.3, 0.4) is 0 Å². The van der Waals surface area contributed by atoms with Gasteiger partial charge in [-0.2, -0.15) is 4.31 Å². The Balaban J connectivity index is 1.58. The fraction of sp³-hybridized carbons (Fsp3) is 0.500. The van der Waals surface area contributed by atoms with Gasteiger partial charge < -0.3 is 24.0 Å². The number of fused-ring (bicyclic) bond motifs is 1. The molecule has 1 amide bonds. The lowest BCUT2D eigenvalue weighted by Crippen LogP contribution is -2.50. The molecule has 2 aromatic rings. The molecule has 10 heteroatoms. The Labute approximate surface area is 213 Å². The monoisotopic (exact) mass is 517 g/mol. The highest BCUT2D eigenvalue weighted by molar-refractivity contribution is 7.89. The molecule has 1 saturated heterocycles. The molecule has 1 fully saturated rings. The second-order valence-corrected chi connectivity index (χ2v) is 11.3. The van der Waals surface area contributed by atoms with Crippen LogP contribution in [0.25, 0.3) is 0 Å². The molecule has 0 bridgehead atoms. The van der Waals surface area contributed by atoms with Crippen LogP contribution in [0.15, 0.2) is 35.2 Å². The Morgan fingerprint density at radius 1 is 0.833 bits per heavy atom. The van der Waals surface area contributed by atoms with Crippen molar-refractivity contribution < 1.29 is 27.4 Å². The number of amides is 1. The molecule has 9 nitrogen and oxygen atoms in total. The third kappa shape index (κ3) is 4.97. The first-order valence-corrected chi connectivity index (χ1v) is 13.6. The second kappa shape index (κ2) is 10.6. The first-order valence-electron chi connectivity index (χ1n) is 12.1. The highest BCUT2D eigenvalue weighted by Gasteiger charge is 2.31. The van der Waals surface area contributed by atoms with E-state index in [1.807, 2.05) is 30.9 Å². The minimum absolute atomic E-state index is 0.0460. The Hall–Kier alpha value is -2.98. The fourth-order valence-electron chi connectivity index (χ4n) is 4.82. The number of nitrogens with zero attached hydrogens (tertiary/aromatic N) is 3. The van der Waals surface area contributed by atoms with Crippen LogP contribution in [0.5, 0.6) is 17.2 Å². The number of rotatable bonds is 7. The number of piperazine rings is 1. The van der Waals surface area contributed by atoms with Crippen LogP contribution in [0.1, 0.15) is 25.0 Å². The summed E-state index contributed by atoms with van der Waals surface area (Å²) in [7, 11) is 0.990. The molecule has 2 heterocycles. The number of hydrogen-bond acceptors (Lipinski definition) is 7. The first-order chi connectivity index (χ1) is 17.2. The number of methoxy groups -OCH3 is 3. The summed E-state index contributed by atoms with van der Waals surface area (Å²) in [6.45, 7) is 6.83. The van der Waals surface area contributed by atoms with E-state index in [0.717, 1.165) is 16.8 Å². The zero-order valence-corrected chi connectivity index (χ0v) is 22.4. The Morgan fingerprint density at radius 2 is 1.44 bits per heavy atom. The Kier molecular flexibility index (Phi) is 7.65. The van der Waals surface area contributed by atoms with Crippen molar-refractivity contribution in [3.63, 3.8) is 0 Å². The zero-order chi connectivity index (χ0) is 26.0. The standard InChI is InChI=1S/C26H35N3O6S/c1-18(2)26(30)28-12-10-27(11-13-28)22-16-21(6-7-23(22)33-3)36(31,32)29-9-8-19-14-24(34-4)25(35-5)15-20(19)17-29/h6-7,14-16,18H,8-13,17H2,1-5H3. The van der Waals surface area contributed by atoms with Crippen LogP contribution in [-0.4, -0.2) is 77.6 Å². The normalized spacial score (nSPS) is 16.6. The SMILES string of the molecule is COc1cc2c(cc1OC)CN(S(=O)(=O)c1ccc(OC)c(N3CCN(C(=O)C(C)C)CC3)c1)CC2. The summed E-state index contributed by atoms with van der Waals surface area (Å²) in [4.78, 5) is 16.5. The zero-order valence-electron chi connectivity index (χ0n) is 21.6. The molecular formula is C26H35N3O6S. The average molecular weight is 518 g/mol. The molecule has 2 aromatic carbocycles. The third-order valence-corrected chi connectivity index (χ3v) is 8.74. The third-order valence-electron chi connectivity index (χ3n) is 6.90. The van der Waals surface area contributed by atoms with E-state index in [4.69, 9.17) is 14.2 Å². The summed E-state index contributed by atoms with van der Waals surface area (Å²) in [6.07, 6.45) is 0.587. The summed E-state index contributed by atoms with van der Waals surface area (Å²) in [6, 6.07) is 8.78. The molecular weight excluding hydrogens is 482 g/mol. The van der Waals surface area contributed by atoms with Gasteiger partial charge in [-0.05, 0) is 47.9 Å². The summed E-state index contributed by atoms with van der Waals surface area (Å²) in [5, 5.41) is 0. The van der Waals surface area contributed by atoms with Crippen molar-refractivity contribution in [2.24, 2.45) is 5.92 Å². The summed E-state index contributed by atoms with van der Waals surface area (Å²) < 4.78 is 45.2. The summed E-state index contributed by atoms with van der Waals surface area (Å²) in [5.41, 5.74) is 2.68. The van der Waals surface area contributed by atoms with E-state index in [9.17, 15) is 13.2 Å². The lowest BCUT2D eigenvalue weighted by Gasteiger charge is -2.37. The van der Waals surface area contributed by atoms with Crippen LogP contribution < -0.4 is 19.1 Å². The Morgan fingerprint density at radius 3 is 2.03 bits per heavy atom. The van der Waals surface area contributed by atoms with Gasteiger partial charge >= 0.3 is 0 Å². The lowest BCUT2D eigenvalue weighted by molar-refractivity contribution is -0.134. The number of hydrogen-bond donors (Lipinski definition) is 0. The van der Waals surface area contributed by atoms with Crippen molar-refractivity contribution in [1.82, 2.24) is 9.21 Å². The number of anilines is 1. The van der Waals surface area contributed by atoms with E-state index in [2.05, 4.69) is 4.90 Å². The molecule has 4 rings (SSSR count). The van der Waals surface area contributed by atoms with E-state index in [-0.39, 0.29) is 23.3 Å². The number of benzene rings is 2. The number of ether oxygens (including phenoxy) is 3. The van der Waals surface area contributed by atoms with Crippen LogP contribution in [0, 0.1) is 5.92 Å². The molecule has 0 atom stereocenters. The van der Waals surface area contributed by atoms with Gasteiger partial charge in [0.15, 0.2) is 11.5 Å². The molecule has 196 valence electrons. The number of sulfonamides is 1. The molecule has 0 aromatic heterocycles. The van der Waals surface area contributed by atoms with Gasteiger partial charge in [-0.25, -0.2) is 8.42 Å². The van der Waals surface area contributed by atoms with Gasteiger partial charge in [0, 0.05) is 45.2 Å². The van der Waals surface area contributed by atoms with E-state index in [0.29, 0.717) is 56.4 Å². The molecule has 2 aliphatic heterocycles. The van der Waals surface area contributed by atoms with Crippen molar-refractivity contribution >= 4 is 21.6 Å². The van der Waals surface area contributed by atoms with Gasteiger partial charge in [0.1, 0.15) is 5.75 Å². The van der Waals surface area contributed by atoms with Crippen molar-refractivity contribution in [2.45, 2.75) is 31.7 Å². The molecule has 0 saturated carbocycles. The molecule has 0 N–H and O–H groups in total. The van der Waals surface area contributed by atoms with Crippen molar-refractivity contribution in [1.29, 1.82) is 0 Å². The fourth-order valence-corrected chi connectivity index (χ4v) is 6.26. The van der Waals surface area contributed by atoms with Crippen LogP contribution >= 0.6 is 0 Å². The lowest BCUT2D eigenvalue weighted by atomic mass is 10.0. The quantitative estimate of drug-likeness (QED) is 0.558. The smallest absolute Gasteiger partial charge is 0.243 e. The maximum Gasteiger partial charge on any atom is 0.243 e. The maximum atomic E-state index is 13.7. The van der Waals surface area contributed by atoms with Gasteiger partial charge in [0.25, 0.3) is 0 Å². The molecule has 0 radical (unpaired) electrons. The first kappa shape index (κ1) is 26.1. The minimum atomic E-state index is -3.75. The van der Waals surface area contributed by atoms with E-state index < -0.39 is 10.0 Å². The maximum absolute atomic E-state index is 13.7. The Bertz CT molecular complexity index is 1220. The van der Waals surface area contributed by atoms with Gasteiger partial charge in [0.2, 0.25) is 15.9 Å². The van der Waals surface area contributed by atoms with Crippen molar-refractivity contribution in [2.75, 3.05) is 59.0 Å². The molecule has 0 aliphatic carbocycles. The van der Waals surface area contributed by atoms with Crippen LogP contribution in [0.2, 0.25) is 0 Å². The van der Waals surface area contributed by atoms with Crippen molar-refractivity contribution in [3.8, 4) is 17.2 Å². The summed E-state index contributed by atoms with van der Waals surface area (Å²) >= 11 is 0. The molecule has 36 heavy (non-hydrogen) atoms. The predicted molar refractivity (Wildman–Crippen MR) is 137 cm³/mol. The van der Waals surface area contributed by atoms with E-state index in [1.54, 1.807) is 39.5 Å². The van der Waals surface area contributed by atoms with Crippen LogP contribution in [-0.2, 0) is 27.8 Å². The van der Waals surface area contributed by atoms with Gasteiger partial charge in [-0.15, -0.1) is 0 Å². The van der Waals surface area contributed by atoms with E-state index in [1.165, 1.54) is 4.31 Å². The van der Waals surface area contributed by atoms with Crippen LogP contribution in [0.4, 0.5) is 5.69 Å². The molecule has 2 aliphatic rings. The minimum Gasteiger partial charge on any atom is -0.495 e. The second-order valence-electron chi connectivity index (χ2n) is 9.37. The predicted octanol–water partition coefficient (Wildman–Crippen LogP) is 2.76.